The highest BCUT2D eigenvalue weighted by Crippen LogP contribution is 2.16. The summed E-state index contributed by atoms with van der Waals surface area (Å²) in [5, 5.41) is 3.48. The van der Waals surface area contributed by atoms with Crippen LogP contribution in [0.4, 0.5) is 0 Å². The molecule has 80 valence electrons. The van der Waals surface area contributed by atoms with Crippen molar-refractivity contribution in [3.63, 3.8) is 0 Å². The van der Waals surface area contributed by atoms with Crippen molar-refractivity contribution in [1.82, 2.24) is 14.7 Å². The molecule has 1 atom stereocenters. The second kappa shape index (κ2) is 7.20. The number of nitrogens with one attached hydrogen (secondary N) is 1. The molecule has 5 heteroatoms. The highest BCUT2D eigenvalue weighted by molar-refractivity contribution is 8.00. The third kappa shape index (κ3) is 4.93. The van der Waals surface area contributed by atoms with Crippen LogP contribution in [0.2, 0.25) is 0 Å². The van der Waals surface area contributed by atoms with Crippen LogP contribution >= 0.6 is 23.3 Å². The zero-order chi connectivity index (χ0) is 10.2. The maximum absolute atomic E-state index is 4.11. The molecule has 0 aliphatic carbocycles. The lowest BCUT2D eigenvalue weighted by Crippen LogP contribution is -2.27. The van der Waals surface area contributed by atoms with Gasteiger partial charge in [-0.1, -0.05) is 25.1 Å². The van der Waals surface area contributed by atoms with Crippen LogP contribution in [0.5, 0.6) is 0 Å². The van der Waals surface area contributed by atoms with Crippen molar-refractivity contribution in [2.75, 3.05) is 12.3 Å². The molecule has 0 spiro atoms. The maximum Gasteiger partial charge on any atom is 0.169 e. The van der Waals surface area contributed by atoms with Crippen LogP contribution in [0.25, 0.3) is 0 Å². The number of nitrogens with zero attached hydrogens (tertiary/aromatic N) is 2. The minimum Gasteiger partial charge on any atom is -0.313 e. The van der Waals surface area contributed by atoms with Gasteiger partial charge in [-0.15, -0.1) is 0 Å². The molecule has 0 saturated carbocycles. The highest BCUT2D eigenvalue weighted by Gasteiger charge is 2.00. The van der Waals surface area contributed by atoms with Crippen molar-refractivity contribution in [2.24, 2.45) is 0 Å². The van der Waals surface area contributed by atoms with Gasteiger partial charge >= 0.3 is 0 Å². The third-order valence-corrected chi connectivity index (χ3v) is 3.68. The smallest absolute Gasteiger partial charge is 0.169 e. The van der Waals surface area contributed by atoms with E-state index in [2.05, 4.69) is 28.5 Å². The Labute approximate surface area is 93.9 Å². The second-order valence-corrected chi connectivity index (χ2v) is 5.32. The van der Waals surface area contributed by atoms with Crippen LogP contribution < -0.4 is 5.32 Å². The van der Waals surface area contributed by atoms with Gasteiger partial charge in [-0.05, 0) is 24.9 Å². The van der Waals surface area contributed by atoms with Crippen molar-refractivity contribution in [3.05, 3.63) is 6.33 Å². The number of hydrogen-bond donors (Lipinski definition) is 1. The van der Waals surface area contributed by atoms with Gasteiger partial charge < -0.3 is 5.32 Å². The Bertz CT molecular complexity index is 226. The van der Waals surface area contributed by atoms with Gasteiger partial charge in [-0.25, -0.2) is 4.98 Å². The summed E-state index contributed by atoms with van der Waals surface area (Å²) in [5.41, 5.74) is 0. The second-order valence-electron chi connectivity index (χ2n) is 3.20. The fraction of sp³-hybridized carbons (Fsp3) is 0.778. The van der Waals surface area contributed by atoms with Crippen molar-refractivity contribution in [3.8, 4) is 0 Å². The average Bonchev–Trinajstić information content (AvgIpc) is 2.65. The Balaban J connectivity index is 1.99. The predicted octanol–water partition coefficient (Wildman–Crippen LogP) is 2.41. The molecule has 0 saturated heterocycles. The van der Waals surface area contributed by atoms with E-state index in [0.717, 1.165) is 16.6 Å². The van der Waals surface area contributed by atoms with Gasteiger partial charge in [0.25, 0.3) is 0 Å². The molecule has 1 N–H and O–H groups in total. The van der Waals surface area contributed by atoms with Crippen LogP contribution in [0.3, 0.4) is 0 Å². The summed E-state index contributed by atoms with van der Waals surface area (Å²) in [6.07, 6.45) is 4.11. The Kier molecular flexibility index (Phi) is 6.14. The van der Waals surface area contributed by atoms with Gasteiger partial charge in [0.2, 0.25) is 0 Å². The molecule has 1 heterocycles. The van der Waals surface area contributed by atoms with Gasteiger partial charge in [0.1, 0.15) is 6.33 Å². The van der Waals surface area contributed by atoms with E-state index < -0.39 is 0 Å². The first kappa shape index (κ1) is 11.9. The molecule has 0 aliphatic heterocycles. The average molecular weight is 231 g/mol. The summed E-state index contributed by atoms with van der Waals surface area (Å²) in [6.45, 7) is 5.50. The monoisotopic (exact) mass is 231 g/mol. The van der Waals surface area contributed by atoms with Gasteiger partial charge in [0.05, 0.1) is 0 Å². The standard InChI is InChI=1S/C9H17N3S2/c1-3-4-8(2)10-5-6-13-9-11-7-12-14-9/h7-8,10H,3-6H2,1-2H3. The first-order valence-electron chi connectivity index (χ1n) is 4.95. The summed E-state index contributed by atoms with van der Waals surface area (Å²) in [6, 6.07) is 0.634. The fourth-order valence-electron chi connectivity index (χ4n) is 1.21. The highest BCUT2D eigenvalue weighted by atomic mass is 32.2. The minimum absolute atomic E-state index is 0.634. The molecule has 0 bridgehead atoms. The summed E-state index contributed by atoms with van der Waals surface area (Å²) in [4.78, 5) is 4.11. The molecule has 1 rings (SSSR count). The van der Waals surface area contributed by atoms with Gasteiger partial charge in [-0.2, -0.15) is 4.37 Å². The van der Waals surface area contributed by atoms with E-state index in [1.165, 1.54) is 24.4 Å². The maximum atomic E-state index is 4.11. The lowest BCUT2D eigenvalue weighted by Gasteiger charge is -2.11. The predicted molar refractivity (Wildman–Crippen MR) is 63.0 cm³/mol. The minimum atomic E-state index is 0.634. The molecule has 0 amide bonds. The summed E-state index contributed by atoms with van der Waals surface area (Å²) in [5.74, 6) is 1.07. The van der Waals surface area contributed by atoms with Gasteiger partial charge in [0, 0.05) is 18.3 Å². The summed E-state index contributed by atoms with van der Waals surface area (Å²) >= 11 is 3.24. The SMILES string of the molecule is CCCC(C)NCCSc1ncns1. The van der Waals surface area contributed by atoms with E-state index in [4.69, 9.17) is 0 Å². The molecular weight excluding hydrogens is 214 g/mol. The first-order chi connectivity index (χ1) is 6.83. The Hall–Kier alpha value is -0.130. The number of thioether (sulfide) groups is 1. The zero-order valence-electron chi connectivity index (χ0n) is 8.69. The van der Waals surface area contributed by atoms with Crippen LogP contribution in [0.1, 0.15) is 26.7 Å². The van der Waals surface area contributed by atoms with Crippen LogP contribution in [0.15, 0.2) is 10.7 Å². The van der Waals surface area contributed by atoms with E-state index in [0.29, 0.717) is 6.04 Å². The van der Waals surface area contributed by atoms with Crippen LogP contribution in [-0.4, -0.2) is 27.7 Å². The molecule has 0 fully saturated rings. The van der Waals surface area contributed by atoms with Gasteiger partial charge in [-0.3, -0.25) is 0 Å². The molecule has 14 heavy (non-hydrogen) atoms. The topological polar surface area (TPSA) is 37.8 Å². The number of hydrogen-bond acceptors (Lipinski definition) is 5. The molecule has 1 aromatic rings. The van der Waals surface area contributed by atoms with Crippen molar-refractivity contribution in [2.45, 2.75) is 37.1 Å². The molecule has 0 aliphatic rings. The zero-order valence-corrected chi connectivity index (χ0v) is 10.3. The van der Waals surface area contributed by atoms with Crippen molar-refractivity contribution >= 4 is 23.3 Å². The molecule has 3 nitrogen and oxygen atoms in total. The number of aromatic nitrogens is 2. The normalized spacial score (nSPS) is 13.0. The lowest BCUT2D eigenvalue weighted by atomic mass is 10.2. The van der Waals surface area contributed by atoms with Crippen molar-refractivity contribution in [1.29, 1.82) is 0 Å². The van der Waals surface area contributed by atoms with E-state index >= 15 is 0 Å². The fourth-order valence-corrected chi connectivity index (χ4v) is 2.59. The van der Waals surface area contributed by atoms with E-state index in [1.54, 1.807) is 18.1 Å². The molecule has 1 unspecified atom stereocenters. The van der Waals surface area contributed by atoms with Gasteiger partial charge in [0.15, 0.2) is 4.34 Å². The summed E-state index contributed by atoms with van der Waals surface area (Å²) < 4.78 is 5.02. The lowest BCUT2D eigenvalue weighted by molar-refractivity contribution is 0.526. The van der Waals surface area contributed by atoms with E-state index in [1.807, 2.05) is 0 Å². The Morgan fingerprint density at radius 1 is 1.64 bits per heavy atom. The molecular formula is C9H17N3S2. The largest absolute Gasteiger partial charge is 0.313 e. The third-order valence-electron chi connectivity index (χ3n) is 1.88. The molecule has 1 aromatic heterocycles. The Morgan fingerprint density at radius 2 is 2.50 bits per heavy atom. The molecule has 0 radical (unpaired) electrons. The number of rotatable bonds is 7. The van der Waals surface area contributed by atoms with Crippen LogP contribution in [-0.2, 0) is 0 Å². The first-order valence-corrected chi connectivity index (χ1v) is 6.71. The van der Waals surface area contributed by atoms with Crippen molar-refractivity contribution < 1.29 is 0 Å². The summed E-state index contributed by atoms with van der Waals surface area (Å²) in [7, 11) is 0. The quantitative estimate of drug-likeness (QED) is 0.577. The van der Waals surface area contributed by atoms with E-state index in [-0.39, 0.29) is 0 Å². The van der Waals surface area contributed by atoms with Crippen LogP contribution in [0, 0.1) is 0 Å². The van der Waals surface area contributed by atoms with E-state index in [9.17, 15) is 0 Å². The molecule has 0 aromatic carbocycles. The Morgan fingerprint density at radius 3 is 3.14 bits per heavy atom.